The normalized spacial score (nSPS) is 11.3. The molecular formula is C25H19Cl2NO. The van der Waals surface area contributed by atoms with Crippen LogP contribution >= 0.6 is 23.2 Å². The monoisotopic (exact) mass is 419 g/mol. The fraction of sp³-hybridized carbons (Fsp3) is 0.0800. The van der Waals surface area contributed by atoms with Gasteiger partial charge in [0, 0.05) is 21.8 Å². The number of hydrogen-bond donors (Lipinski definition) is 0. The van der Waals surface area contributed by atoms with Gasteiger partial charge in [0.15, 0.2) is 0 Å². The summed E-state index contributed by atoms with van der Waals surface area (Å²) in [5.74, 6) is 0.780. The van der Waals surface area contributed by atoms with Gasteiger partial charge in [-0.15, -0.1) is 0 Å². The van der Waals surface area contributed by atoms with E-state index in [2.05, 4.69) is 18.2 Å². The highest BCUT2D eigenvalue weighted by molar-refractivity contribution is 6.31. The third kappa shape index (κ3) is 4.45. The maximum absolute atomic E-state index is 6.24. The molecule has 4 aromatic carbocycles. The zero-order valence-electron chi connectivity index (χ0n) is 15.9. The number of fused-ring (bicyclic) bond motifs is 1. The summed E-state index contributed by atoms with van der Waals surface area (Å²) in [5, 5.41) is 3.64. The molecule has 144 valence electrons. The third-order valence-corrected chi connectivity index (χ3v) is 5.47. The van der Waals surface area contributed by atoms with Crippen molar-refractivity contribution in [1.29, 1.82) is 0 Å². The van der Waals surface area contributed by atoms with Gasteiger partial charge in [0.2, 0.25) is 0 Å². The summed E-state index contributed by atoms with van der Waals surface area (Å²) >= 11 is 12.2. The molecule has 4 rings (SSSR count). The van der Waals surface area contributed by atoms with Crippen LogP contribution in [0.1, 0.15) is 16.7 Å². The minimum absolute atomic E-state index is 0.451. The molecule has 2 nitrogen and oxygen atoms in total. The number of nitrogens with zero attached hydrogens (tertiary/aromatic N) is 1. The van der Waals surface area contributed by atoms with Crippen LogP contribution in [0, 0.1) is 6.92 Å². The first-order chi connectivity index (χ1) is 14.1. The van der Waals surface area contributed by atoms with Crippen LogP contribution in [0.25, 0.3) is 10.8 Å². The van der Waals surface area contributed by atoms with E-state index in [1.165, 1.54) is 0 Å². The van der Waals surface area contributed by atoms with Gasteiger partial charge in [0.25, 0.3) is 0 Å². The summed E-state index contributed by atoms with van der Waals surface area (Å²) < 4.78 is 6.15. The second-order valence-corrected chi connectivity index (χ2v) is 7.60. The molecule has 0 saturated heterocycles. The van der Waals surface area contributed by atoms with Crippen LogP contribution in [-0.2, 0) is 6.61 Å². The van der Waals surface area contributed by atoms with Crippen molar-refractivity contribution < 1.29 is 4.74 Å². The lowest BCUT2D eigenvalue weighted by atomic mass is 10.0. The van der Waals surface area contributed by atoms with Gasteiger partial charge in [-0.25, -0.2) is 0 Å². The molecule has 0 atom stereocenters. The van der Waals surface area contributed by atoms with E-state index in [1.807, 2.05) is 73.8 Å². The molecule has 0 spiro atoms. The Hall–Kier alpha value is -2.81. The molecule has 0 bridgehead atoms. The third-order valence-electron chi connectivity index (χ3n) is 4.81. The Morgan fingerprint density at radius 1 is 0.862 bits per heavy atom. The standard InChI is InChI=1S/C25H19Cl2NO/c1-17-23(27)7-4-8-24(17)28-15-22-21-6-3-2-5-19(21)11-14-25(22)29-16-18-9-12-20(26)13-10-18/h2-15H,16H2,1H3. The molecule has 0 aliphatic heterocycles. The molecule has 4 aromatic rings. The van der Waals surface area contributed by atoms with E-state index in [0.29, 0.717) is 16.7 Å². The SMILES string of the molecule is Cc1c(Cl)cccc1N=Cc1c(OCc2ccc(Cl)cc2)ccc2ccccc12. The van der Waals surface area contributed by atoms with Gasteiger partial charge in [0.1, 0.15) is 12.4 Å². The Kier molecular flexibility index (Phi) is 5.84. The minimum atomic E-state index is 0.451. The van der Waals surface area contributed by atoms with Crippen LogP contribution in [0.15, 0.2) is 83.9 Å². The first kappa shape index (κ1) is 19.5. The summed E-state index contributed by atoms with van der Waals surface area (Å²) in [6, 6.07) is 25.7. The molecule has 0 unspecified atom stereocenters. The highest BCUT2D eigenvalue weighted by atomic mass is 35.5. The topological polar surface area (TPSA) is 21.6 Å². The van der Waals surface area contributed by atoms with Gasteiger partial charge in [-0.05, 0) is 59.2 Å². The lowest BCUT2D eigenvalue weighted by Crippen LogP contribution is -1.99. The number of hydrogen-bond acceptors (Lipinski definition) is 2. The number of halogens is 2. The van der Waals surface area contributed by atoms with Crippen molar-refractivity contribution >= 4 is 45.9 Å². The summed E-state index contributed by atoms with van der Waals surface area (Å²) in [6.07, 6.45) is 1.86. The van der Waals surface area contributed by atoms with E-state index >= 15 is 0 Å². The predicted octanol–water partition coefficient (Wildman–Crippen LogP) is 7.78. The number of rotatable bonds is 5. The number of ether oxygens (including phenoxy) is 1. The highest BCUT2D eigenvalue weighted by Gasteiger charge is 2.08. The van der Waals surface area contributed by atoms with E-state index in [1.54, 1.807) is 0 Å². The summed E-state index contributed by atoms with van der Waals surface area (Å²) in [6.45, 7) is 2.42. The Bertz CT molecular complexity index is 1180. The lowest BCUT2D eigenvalue weighted by molar-refractivity contribution is 0.306. The van der Waals surface area contributed by atoms with E-state index in [0.717, 1.165) is 38.9 Å². The van der Waals surface area contributed by atoms with Crippen LogP contribution in [-0.4, -0.2) is 6.21 Å². The van der Waals surface area contributed by atoms with Crippen LogP contribution in [0.3, 0.4) is 0 Å². The molecule has 0 heterocycles. The Morgan fingerprint density at radius 2 is 1.66 bits per heavy atom. The van der Waals surface area contributed by atoms with Crippen molar-refractivity contribution in [2.45, 2.75) is 13.5 Å². The summed E-state index contributed by atoms with van der Waals surface area (Å²) in [5.41, 5.74) is 3.79. The van der Waals surface area contributed by atoms with Crippen LogP contribution in [0.4, 0.5) is 5.69 Å². The Labute approximate surface area is 180 Å². The zero-order valence-corrected chi connectivity index (χ0v) is 17.4. The molecule has 0 aliphatic carbocycles. The van der Waals surface area contributed by atoms with Crippen LogP contribution < -0.4 is 4.74 Å². The Morgan fingerprint density at radius 3 is 2.48 bits per heavy atom. The van der Waals surface area contributed by atoms with Gasteiger partial charge in [0.05, 0.1) is 5.69 Å². The largest absolute Gasteiger partial charge is 0.488 e. The fourth-order valence-corrected chi connectivity index (χ4v) is 3.44. The molecular weight excluding hydrogens is 401 g/mol. The summed E-state index contributed by atoms with van der Waals surface area (Å²) in [7, 11) is 0. The highest BCUT2D eigenvalue weighted by Crippen LogP contribution is 2.30. The first-order valence-corrected chi connectivity index (χ1v) is 10.1. The molecule has 29 heavy (non-hydrogen) atoms. The maximum atomic E-state index is 6.24. The zero-order chi connectivity index (χ0) is 20.2. The number of benzene rings is 4. The van der Waals surface area contributed by atoms with Crippen LogP contribution in [0.5, 0.6) is 5.75 Å². The Balaban J connectivity index is 1.71. The fourth-order valence-electron chi connectivity index (χ4n) is 3.15. The average Bonchev–Trinajstić information content (AvgIpc) is 2.74. The average molecular weight is 420 g/mol. The van der Waals surface area contributed by atoms with Crippen molar-refractivity contribution in [2.24, 2.45) is 4.99 Å². The lowest BCUT2D eigenvalue weighted by Gasteiger charge is -2.12. The number of aliphatic imine (C=N–C) groups is 1. The van der Waals surface area contributed by atoms with Gasteiger partial charge < -0.3 is 4.74 Å². The van der Waals surface area contributed by atoms with Crippen molar-refractivity contribution in [2.75, 3.05) is 0 Å². The van der Waals surface area contributed by atoms with Gasteiger partial charge in [-0.2, -0.15) is 0 Å². The molecule has 0 aliphatic rings. The van der Waals surface area contributed by atoms with Crippen molar-refractivity contribution in [3.05, 3.63) is 106 Å². The van der Waals surface area contributed by atoms with E-state index in [-0.39, 0.29) is 0 Å². The van der Waals surface area contributed by atoms with E-state index < -0.39 is 0 Å². The van der Waals surface area contributed by atoms with Gasteiger partial charge in [-0.3, -0.25) is 4.99 Å². The second-order valence-electron chi connectivity index (χ2n) is 6.76. The molecule has 4 heteroatoms. The quantitative estimate of drug-likeness (QED) is 0.302. The van der Waals surface area contributed by atoms with E-state index in [9.17, 15) is 0 Å². The summed E-state index contributed by atoms with van der Waals surface area (Å²) in [4.78, 5) is 4.71. The second kappa shape index (κ2) is 8.69. The minimum Gasteiger partial charge on any atom is -0.488 e. The van der Waals surface area contributed by atoms with Crippen molar-refractivity contribution in [1.82, 2.24) is 0 Å². The van der Waals surface area contributed by atoms with Gasteiger partial charge in [-0.1, -0.05) is 71.7 Å². The molecule has 0 fully saturated rings. The molecule has 0 amide bonds. The molecule has 0 radical (unpaired) electrons. The first-order valence-electron chi connectivity index (χ1n) is 9.30. The molecule has 0 N–H and O–H groups in total. The van der Waals surface area contributed by atoms with Gasteiger partial charge >= 0.3 is 0 Å². The molecule has 0 saturated carbocycles. The van der Waals surface area contributed by atoms with Crippen LogP contribution in [0.2, 0.25) is 10.0 Å². The van der Waals surface area contributed by atoms with Crippen molar-refractivity contribution in [3.63, 3.8) is 0 Å². The molecule has 0 aromatic heterocycles. The smallest absolute Gasteiger partial charge is 0.129 e. The van der Waals surface area contributed by atoms with Crippen molar-refractivity contribution in [3.8, 4) is 5.75 Å². The predicted molar refractivity (Wildman–Crippen MR) is 123 cm³/mol. The maximum Gasteiger partial charge on any atom is 0.129 e. The van der Waals surface area contributed by atoms with E-state index in [4.69, 9.17) is 32.9 Å².